The molecule has 3 aromatic rings. The van der Waals surface area contributed by atoms with Gasteiger partial charge >= 0.3 is 5.91 Å². The zero-order valence-corrected chi connectivity index (χ0v) is 12.6. The van der Waals surface area contributed by atoms with Crippen molar-refractivity contribution in [1.82, 2.24) is 5.43 Å². The number of furan rings is 1. The molecule has 3 rings (SSSR count). The van der Waals surface area contributed by atoms with Crippen molar-refractivity contribution in [3.8, 4) is 17.2 Å². The first kappa shape index (κ1) is 15.4. The molecule has 1 heterocycles. The molecule has 4 N–H and O–H groups in total. The maximum Gasteiger partial charge on any atom is 0.307 e. The maximum absolute atomic E-state index is 12.2. The molecule has 0 aliphatic rings. The highest BCUT2D eigenvalue weighted by Gasteiger charge is 2.19. The van der Waals surface area contributed by atoms with Crippen LogP contribution >= 0.6 is 0 Å². The molecule has 0 aliphatic carbocycles. The van der Waals surface area contributed by atoms with Crippen LogP contribution in [0, 0.1) is 6.92 Å². The number of fused-ring (bicyclic) bond motifs is 1. The van der Waals surface area contributed by atoms with Crippen molar-refractivity contribution in [3.05, 3.63) is 53.3 Å². The Kier molecular flexibility index (Phi) is 3.83. The fourth-order valence-corrected chi connectivity index (χ4v) is 2.41. The molecule has 0 atom stereocenters. The molecule has 0 bridgehead atoms. The van der Waals surface area contributed by atoms with Crippen molar-refractivity contribution >= 4 is 23.1 Å². The van der Waals surface area contributed by atoms with Crippen molar-refractivity contribution in [2.24, 2.45) is 5.10 Å². The van der Waals surface area contributed by atoms with Crippen LogP contribution in [0.1, 0.15) is 21.7 Å². The van der Waals surface area contributed by atoms with Crippen molar-refractivity contribution in [1.29, 1.82) is 0 Å². The van der Waals surface area contributed by atoms with Gasteiger partial charge in [0.2, 0.25) is 0 Å². The van der Waals surface area contributed by atoms with Crippen LogP contribution in [0.4, 0.5) is 0 Å². The van der Waals surface area contributed by atoms with Crippen molar-refractivity contribution < 1.29 is 24.5 Å². The summed E-state index contributed by atoms with van der Waals surface area (Å²) >= 11 is 0. The Morgan fingerprint density at radius 1 is 1.17 bits per heavy atom. The second kappa shape index (κ2) is 5.96. The number of aromatic hydroxyl groups is 3. The smallest absolute Gasteiger partial charge is 0.307 e. The molecule has 0 saturated heterocycles. The second-order valence-electron chi connectivity index (χ2n) is 5.19. The van der Waals surface area contributed by atoms with E-state index in [1.54, 1.807) is 19.1 Å². The highest BCUT2D eigenvalue weighted by atomic mass is 16.3. The SMILES string of the molecule is Cc1c(C(=O)N/N=C/c2cc(O)cc(O)c2)oc2cccc(O)c12. The molecule has 0 spiro atoms. The molecular weight excluding hydrogens is 312 g/mol. The van der Waals surface area contributed by atoms with E-state index in [4.69, 9.17) is 4.42 Å². The number of hydrogen-bond acceptors (Lipinski definition) is 6. The largest absolute Gasteiger partial charge is 0.508 e. The fraction of sp³-hybridized carbons (Fsp3) is 0.0588. The summed E-state index contributed by atoms with van der Waals surface area (Å²) in [5.41, 5.74) is 3.62. The van der Waals surface area contributed by atoms with Gasteiger partial charge in [-0.3, -0.25) is 4.79 Å². The highest BCUT2D eigenvalue weighted by molar-refractivity contribution is 6.00. The molecule has 24 heavy (non-hydrogen) atoms. The van der Waals surface area contributed by atoms with Crippen molar-refractivity contribution in [3.63, 3.8) is 0 Å². The Morgan fingerprint density at radius 2 is 1.88 bits per heavy atom. The van der Waals surface area contributed by atoms with Crippen LogP contribution < -0.4 is 5.43 Å². The molecule has 7 heteroatoms. The van der Waals surface area contributed by atoms with Gasteiger partial charge in [-0.15, -0.1) is 0 Å². The molecule has 0 aliphatic heterocycles. The van der Waals surface area contributed by atoms with Gasteiger partial charge in [-0.05, 0) is 31.2 Å². The summed E-state index contributed by atoms with van der Waals surface area (Å²) in [4.78, 5) is 12.2. The van der Waals surface area contributed by atoms with Gasteiger partial charge in [0.25, 0.3) is 0 Å². The monoisotopic (exact) mass is 326 g/mol. The standard InChI is InChI=1S/C17H14N2O5/c1-9-15-13(22)3-2-4-14(15)24-16(9)17(23)19-18-8-10-5-11(20)7-12(21)6-10/h2-8,20-22H,1H3,(H,19,23)/b18-8+. The lowest BCUT2D eigenvalue weighted by Crippen LogP contribution is -2.17. The van der Waals surface area contributed by atoms with E-state index in [0.717, 1.165) is 0 Å². The van der Waals surface area contributed by atoms with Gasteiger partial charge in [0.15, 0.2) is 5.76 Å². The lowest BCUT2D eigenvalue weighted by Gasteiger charge is -1.99. The number of carbonyl (C=O) groups excluding carboxylic acids is 1. The molecule has 1 aromatic heterocycles. The van der Waals surface area contributed by atoms with Gasteiger partial charge in [0, 0.05) is 17.2 Å². The molecule has 122 valence electrons. The minimum atomic E-state index is -0.580. The third-order valence-electron chi connectivity index (χ3n) is 3.44. The molecule has 2 aromatic carbocycles. The first-order valence-corrected chi connectivity index (χ1v) is 7.03. The number of phenols is 3. The number of hydrogen-bond donors (Lipinski definition) is 4. The lowest BCUT2D eigenvalue weighted by molar-refractivity contribution is 0.0929. The number of hydrazone groups is 1. The molecule has 0 unspecified atom stereocenters. The van der Waals surface area contributed by atoms with Gasteiger partial charge in [-0.1, -0.05) is 6.07 Å². The Morgan fingerprint density at radius 3 is 2.54 bits per heavy atom. The van der Waals surface area contributed by atoms with Crippen molar-refractivity contribution in [2.45, 2.75) is 6.92 Å². The van der Waals surface area contributed by atoms with E-state index in [1.807, 2.05) is 0 Å². The van der Waals surface area contributed by atoms with E-state index in [0.29, 0.717) is 22.1 Å². The summed E-state index contributed by atoms with van der Waals surface area (Å²) in [6, 6.07) is 8.71. The van der Waals surface area contributed by atoms with Crippen LogP contribution in [0.15, 0.2) is 45.9 Å². The van der Waals surface area contributed by atoms with E-state index in [9.17, 15) is 20.1 Å². The van der Waals surface area contributed by atoms with E-state index in [2.05, 4.69) is 10.5 Å². The Labute approximate surface area is 136 Å². The topological polar surface area (TPSA) is 115 Å². The fourth-order valence-electron chi connectivity index (χ4n) is 2.41. The number of benzene rings is 2. The first-order valence-electron chi connectivity index (χ1n) is 7.03. The quantitative estimate of drug-likeness (QED) is 0.436. The Bertz CT molecular complexity index is 939. The van der Waals surface area contributed by atoms with Crippen LogP contribution in [-0.2, 0) is 0 Å². The van der Waals surface area contributed by atoms with Crippen LogP contribution in [-0.4, -0.2) is 27.4 Å². The number of carbonyl (C=O) groups is 1. The minimum absolute atomic E-state index is 0.0338. The van der Waals surface area contributed by atoms with E-state index < -0.39 is 5.91 Å². The van der Waals surface area contributed by atoms with Crippen molar-refractivity contribution in [2.75, 3.05) is 0 Å². The number of nitrogens with one attached hydrogen (secondary N) is 1. The highest BCUT2D eigenvalue weighted by Crippen LogP contribution is 2.32. The first-order chi connectivity index (χ1) is 11.5. The maximum atomic E-state index is 12.2. The number of phenolic OH excluding ortho intramolecular Hbond substituents is 3. The van der Waals surface area contributed by atoms with E-state index in [-0.39, 0.29) is 23.0 Å². The molecule has 0 fully saturated rings. The summed E-state index contributed by atoms with van der Waals surface area (Å²) in [5, 5.41) is 32.8. The summed E-state index contributed by atoms with van der Waals surface area (Å²) in [7, 11) is 0. The van der Waals surface area contributed by atoms with Crippen LogP contribution in [0.25, 0.3) is 11.0 Å². The molecule has 1 amide bonds. The minimum Gasteiger partial charge on any atom is -0.508 e. The zero-order chi connectivity index (χ0) is 17.3. The third-order valence-corrected chi connectivity index (χ3v) is 3.44. The Hall–Kier alpha value is -3.48. The number of amides is 1. The van der Waals surface area contributed by atoms with Crippen LogP contribution in [0.3, 0.4) is 0 Å². The van der Waals surface area contributed by atoms with Gasteiger partial charge < -0.3 is 19.7 Å². The Balaban J connectivity index is 1.81. The number of aryl methyl sites for hydroxylation is 1. The average molecular weight is 326 g/mol. The predicted molar refractivity (Wildman–Crippen MR) is 87.4 cm³/mol. The predicted octanol–water partition coefficient (Wildman–Crippen LogP) is 2.62. The average Bonchev–Trinajstić information content (AvgIpc) is 2.84. The number of rotatable bonds is 3. The van der Waals surface area contributed by atoms with Gasteiger partial charge in [-0.2, -0.15) is 5.10 Å². The van der Waals surface area contributed by atoms with Crippen LogP contribution in [0.5, 0.6) is 17.2 Å². The summed E-state index contributed by atoms with van der Waals surface area (Å²) < 4.78 is 5.46. The molecule has 7 nitrogen and oxygen atoms in total. The molecule has 0 saturated carbocycles. The molecular formula is C17H14N2O5. The normalized spacial score (nSPS) is 11.2. The summed E-state index contributed by atoms with van der Waals surface area (Å²) in [6.07, 6.45) is 1.27. The van der Waals surface area contributed by atoms with Gasteiger partial charge in [-0.25, -0.2) is 5.43 Å². The number of nitrogens with zero attached hydrogens (tertiary/aromatic N) is 1. The summed E-state index contributed by atoms with van der Waals surface area (Å²) in [5.74, 6) is -0.740. The summed E-state index contributed by atoms with van der Waals surface area (Å²) in [6.45, 7) is 1.66. The lowest BCUT2D eigenvalue weighted by atomic mass is 10.1. The van der Waals surface area contributed by atoms with E-state index in [1.165, 1.54) is 30.5 Å². The third kappa shape index (κ3) is 2.87. The van der Waals surface area contributed by atoms with Gasteiger partial charge in [0.1, 0.15) is 22.8 Å². The van der Waals surface area contributed by atoms with Gasteiger partial charge in [0.05, 0.1) is 11.6 Å². The van der Waals surface area contributed by atoms with E-state index >= 15 is 0 Å². The second-order valence-corrected chi connectivity index (χ2v) is 5.19. The zero-order valence-electron chi connectivity index (χ0n) is 12.6. The molecule has 0 radical (unpaired) electrons. The van der Waals surface area contributed by atoms with Crippen LogP contribution in [0.2, 0.25) is 0 Å².